The molecule has 1 aliphatic heterocycles. The maximum atomic E-state index is 12.9. The highest BCUT2D eigenvalue weighted by atomic mass is 16.6. The van der Waals surface area contributed by atoms with E-state index in [-0.39, 0.29) is 17.1 Å². The molecule has 4 aromatic rings. The van der Waals surface area contributed by atoms with Crippen LogP contribution in [0.3, 0.4) is 0 Å². The molecule has 34 heavy (non-hydrogen) atoms. The summed E-state index contributed by atoms with van der Waals surface area (Å²) in [6, 6.07) is 28.3. The first kappa shape index (κ1) is 20.9. The fourth-order valence-corrected chi connectivity index (χ4v) is 4.23. The Bertz CT molecular complexity index is 1520. The fraction of sp³-hybridized carbons (Fsp3) is 0.0370. The average Bonchev–Trinajstić information content (AvgIpc) is 2.88. The van der Waals surface area contributed by atoms with Gasteiger partial charge in [-0.05, 0) is 34.5 Å². The van der Waals surface area contributed by atoms with Crippen molar-refractivity contribution in [1.29, 1.82) is 5.26 Å². The third-order valence-electron chi connectivity index (χ3n) is 5.76. The van der Waals surface area contributed by atoms with Gasteiger partial charge in [0.2, 0.25) is 5.88 Å². The van der Waals surface area contributed by atoms with Crippen LogP contribution in [-0.2, 0) is 0 Å². The quantitative estimate of drug-likeness (QED) is 0.331. The third-order valence-corrected chi connectivity index (χ3v) is 5.76. The number of nitro benzene ring substituents is 1. The lowest BCUT2D eigenvalue weighted by molar-refractivity contribution is -0.384. The van der Waals surface area contributed by atoms with Gasteiger partial charge in [0.15, 0.2) is 0 Å². The van der Waals surface area contributed by atoms with Gasteiger partial charge in [-0.25, -0.2) is 0 Å². The minimum Gasteiger partial charge on any atom is -0.439 e. The summed E-state index contributed by atoms with van der Waals surface area (Å²) in [6.45, 7) is 0. The zero-order chi connectivity index (χ0) is 23.7. The van der Waals surface area contributed by atoms with Gasteiger partial charge in [0, 0.05) is 23.3 Å². The molecule has 7 heteroatoms. The van der Waals surface area contributed by atoms with E-state index in [9.17, 15) is 20.2 Å². The smallest absolute Gasteiger partial charge is 0.269 e. The summed E-state index contributed by atoms with van der Waals surface area (Å²) in [4.78, 5) is 23.8. The van der Waals surface area contributed by atoms with E-state index < -0.39 is 16.7 Å². The molecule has 4 aromatic carbocycles. The normalized spacial score (nSPS) is 14.6. The van der Waals surface area contributed by atoms with Crippen LogP contribution in [0.25, 0.3) is 10.8 Å². The zero-order valence-electron chi connectivity index (χ0n) is 17.8. The van der Waals surface area contributed by atoms with Gasteiger partial charge in [-0.1, -0.05) is 60.7 Å². The Balaban J connectivity index is 1.72. The molecule has 1 atom stereocenters. The van der Waals surface area contributed by atoms with Crippen molar-refractivity contribution in [3.63, 3.8) is 0 Å². The van der Waals surface area contributed by atoms with Crippen LogP contribution in [-0.4, -0.2) is 10.8 Å². The van der Waals surface area contributed by atoms with Crippen LogP contribution < -0.4 is 10.1 Å². The molecule has 1 N–H and O–H groups in total. The van der Waals surface area contributed by atoms with Crippen molar-refractivity contribution >= 4 is 22.4 Å². The van der Waals surface area contributed by atoms with Gasteiger partial charge >= 0.3 is 0 Å². The van der Waals surface area contributed by atoms with Gasteiger partial charge in [-0.3, -0.25) is 20.2 Å². The second-order valence-electron chi connectivity index (χ2n) is 7.76. The van der Waals surface area contributed by atoms with Crippen molar-refractivity contribution < 1.29 is 14.5 Å². The first-order valence-electron chi connectivity index (χ1n) is 10.5. The SMILES string of the molecule is N#CC1=C(NC(=O)c2ccccc2)Oc2ccc3ccccc3c2C1c1cccc([N+](=O)[O-])c1. The number of amides is 1. The minimum atomic E-state index is -0.675. The van der Waals surface area contributed by atoms with Gasteiger partial charge in [0.25, 0.3) is 11.6 Å². The summed E-state index contributed by atoms with van der Waals surface area (Å²) in [7, 11) is 0. The number of hydrogen-bond acceptors (Lipinski definition) is 5. The fourth-order valence-electron chi connectivity index (χ4n) is 4.23. The van der Waals surface area contributed by atoms with Crippen molar-refractivity contribution in [3.05, 3.63) is 129 Å². The number of allylic oxidation sites excluding steroid dienone is 1. The summed E-state index contributed by atoms with van der Waals surface area (Å²) >= 11 is 0. The second kappa shape index (κ2) is 8.52. The maximum absolute atomic E-state index is 12.9. The number of benzene rings is 4. The molecule has 1 unspecified atom stereocenters. The van der Waals surface area contributed by atoms with Crippen LogP contribution in [0.4, 0.5) is 5.69 Å². The molecular weight excluding hydrogens is 430 g/mol. The maximum Gasteiger partial charge on any atom is 0.269 e. The molecule has 0 aromatic heterocycles. The first-order chi connectivity index (χ1) is 16.6. The number of carbonyl (C=O) groups is 1. The van der Waals surface area contributed by atoms with Crippen LogP contribution in [0.15, 0.2) is 102 Å². The molecule has 1 amide bonds. The molecular formula is C27H17N3O4. The van der Waals surface area contributed by atoms with E-state index in [0.29, 0.717) is 22.4 Å². The monoisotopic (exact) mass is 447 g/mol. The average molecular weight is 447 g/mol. The number of nitrogens with one attached hydrogen (secondary N) is 1. The molecule has 1 heterocycles. The Morgan fingerprint density at radius 2 is 1.74 bits per heavy atom. The number of hydrogen-bond donors (Lipinski definition) is 1. The number of non-ortho nitro benzene ring substituents is 1. The van der Waals surface area contributed by atoms with E-state index in [1.165, 1.54) is 12.1 Å². The molecule has 0 saturated heterocycles. The Morgan fingerprint density at radius 1 is 0.971 bits per heavy atom. The summed E-state index contributed by atoms with van der Waals surface area (Å²) in [6.07, 6.45) is 0. The van der Waals surface area contributed by atoms with Crippen molar-refractivity contribution in [3.8, 4) is 11.8 Å². The van der Waals surface area contributed by atoms with E-state index in [0.717, 1.165) is 10.8 Å². The molecule has 0 bridgehead atoms. The number of ether oxygens (including phenoxy) is 1. The van der Waals surface area contributed by atoms with Crippen molar-refractivity contribution in [2.45, 2.75) is 5.92 Å². The summed E-state index contributed by atoms with van der Waals surface area (Å²) in [5, 5.41) is 26.2. The van der Waals surface area contributed by atoms with Gasteiger partial charge in [-0.2, -0.15) is 5.26 Å². The third kappa shape index (κ3) is 3.63. The largest absolute Gasteiger partial charge is 0.439 e. The predicted octanol–water partition coefficient (Wildman–Crippen LogP) is 5.44. The Hall–Kier alpha value is -4.96. The number of rotatable bonds is 4. The minimum absolute atomic E-state index is 0.00985. The highest BCUT2D eigenvalue weighted by Gasteiger charge is 2.34. The number of carbonyl (C=O) groups excluding carboxylic acids is 1. The van der Waals surface area contributed by atoms with Crippen molar-refractivity contribution in [2.75, 3.05) is 0 Å². The lowest BCUT2D eigenvalue weighted by Gasteiger charge is -2.29. The standard InChI is InChI=1S/C27H17N3O4/c28-16-22-24(19-10-6-11-20(15-19)30(32)33)25-21-12-5-4-7-17(21)13-14-23(25)34-27(22)29-26(31)18-8-2-1-3-9-18/h1-15,24H,(H,29,31). The Morgan fingerprint density at radius 3 is 2.50 bits per heavy atom. The van der Waals surface area contributed by atoms with Crippen LogP contribution >= 0.6 is 0 Å². The molecule has 0 spiro atoms. The number of fused-ring (bicyclic) bond motifs is 3. The Labute approximate surface area is 194 Å². The van der Waals surface area contributed by atoms with Crippen LogP contribution in [0.2, 0.25) is 0 Å². The molecule has 0 radical (unpaired) electrons. The van der Waals surface area contributed by atoms with E-state index in [4.69, 9.17) is 4.74 Å². The van der Waals surface area contributed by atoms with Crippen LogP contribution in [0.5, 0.6) is 5.75 Å². The van der Waals surface area contributed by atoms with Crippen molar-refractivity contribution in [2.24, 2.45) is 0 Å². The van der Waals surface area contributed by atoms with Crippen LogP contribution in [0.1, 0.15) is 27.4 Å². The van der Waals surface area contributed by atoms with E-state index in [1.54, 1.807) is 48.5 Å². The lowest BCUT2D eigenvalue weighted by Crippen LogP contribution is -2.31. The lowest BCUT2D eigenvalue weighted by atomic mass is 9.81. The number of nitro groups is 1. The van der Waals surface area contributed by atoms with E-state index in [2.05, 4.69) is 11.4 Å². The van der Waals surface area contributed by atoms with E-state index in [1.807, 2.05) is 30.3 Å². The summed E-state index contributed by atoms with van der Waals surface area (Å²) in [5.74, 6) is -0.621. The number of nitrogens with zero attached hydrogens (tertiary/aromatic N) is 2. The van der Waals surface area contributed by atoms with Gasteiger partial charge in [0.05, 0.1) is 10.8 Å². The topological polar surface area (TPSA) is 105 Å². The second-order valence-corrected chi connectivity index (χ2v) is 7.76. The molecule has 5 rings (SSSR count). The summed E-state index contributed by atoms with van der Waals surface area (Å²) in [5.41, 5.74) is 1.75. The highest BCUT2D eigenvalue weighted by Crippen LogP contribution is 2.46. The number of nitriles is 1. The van der Waals surface area contributed by atoms with E-state index >= 15 is 0 Å². The first-order valence-corrected chi connectivity index (χ1v) is 10.5. The molecule has 7 nitrogen and oxygen atoms in total. The highest BCUT2D eigenvalue weighted by molar-refractivity contribution is 5.96. The molecule has 0 fully saturated rings. The molecule has 1 aliphatic rings. The molecule has 164 valence electrons. The molecule has 0 aliphatic carbocycles. The van der Waals surface area contributed by atoms with Crippen molar-refractivity contribution in [1.82, 2.24) is 5.32 Å². The predicted molar refractivity (Wildman–Crippen MR) is 126 cm³/mol. The zero-order valence-corrected chi connectivity index (χ0v) is 17.8. The van der Waals surface area contributed by atoms with Gasteiger partial charge in [-0.15, -0.1) is 0 Å². The molecule has 0 saturated carbocycles. The van der Waals surface area contributed by atoms with Gasteiger partial charge < -0.3 is 4.74 Å². The van der Waals surface area contributed by atoms with Crippen LogP contribution in [0, 0.1) is 21.4 Å². The summed E-state index contributed by atoms with van der Waals surface area (Å²) < 4.78 is 6.06. The Kier molecular flexibility index (Phi) is 5.24. The van der Waals surface area contributed by atoms with Gasteiger partial charge in [0.1, 0.15) is 17.4 Å².